The molecule has 0 bridgehead atoms. The Labute approximate surface area is 123 Å². The van der Waals surface area contributed by atoms with E-state index in [-0.39, 0.29) is 0 Å². The zero-order valence-corrected chi connectivity index (χ0v) is 13.3. The smallest absolute Gasteiger partial charge is 0.125 e. The summed E-state index contributed by atoms with van der Waals surface area (Å²) in [7, 11) is 6.63. The van der Waals surface area contributed by atoms with Crippen LogP contribution < -0.4 is 5.32 Å². The van der Waals surface area contributed by atoms with E-state index in [0.29, 0.717) is 5.54 Å². The molecular formula is C16H28N4. The van der Waals surface area contributed by atoms with Gasteiger partial charge in [-0.25, -0.2) is 4.98 Å². The highest BCUT2D eigenvalue weighted by atomic mass is 15.2. The largest absolute Gasteiger partial charge is 0.370 e. The van der Waals surface area contributed by atoms with Crippen LogP contribution in [0, 0.1) is 0 Å². The fourth-order valence-electron chi connectivity index (χ4n) is 3.01. The summed E-state index contributed by atoms with van der Waals surface area (Å²) < 4.78 is 0. The minimum atomic E-state index is 0.395. The second-order valence-corrected chi connectivity index (χ2v) is 6.23. The van der Waals surface area contributed by atoms with Crippen molar-refractivity contribution in [2.45, 2.75) is 38.3 Å². The topological polar surface area (TPSA) is 31.4 Å². The predicted octanol–water partition coefficient (Wildman–Crippen LogP) is 2.43. The van der Waals surface area contributed by atoms with Crippen LogP contribution in [0.5, 0.6) is 0 Å². The zero-order valence-electron chi connectivity index (χ0n) is 13.3. The highest BCUT2D eigenvalue weighted by molar-refractivity contribution is 5.35. The quantitative estimate of drug-likeness (QED) is 0.829. The van der Waals surface area contributed by atoms with Gasteiger partial charge < -0.3 is 15.1 Å². The van der Waals surface area contributed by atoms with E-state index in [9.17, 15) is 0 Å². The molecule has 0 spiro atoms. The molecule has 1 aromatic rings. The normalized spacial score (nSPS) is 17.3. The molecule has 2 rings (SSSR count). The van der Waals surface area contributed by atoms with Crippen molar-refractivity contribution in [1.29, 1.82) is 0 Å². The minimum absolute atomic E-state index is 0.395. The van der Waals surface area contributed by atoms with Crippen LogP contribution >= 0.6 is 0 Å². The molecule has 0 atom stereocenters. The van der Waals surface area contributed by atoms with Gasteiger partial charge in [-0.3, -0.25) is 0 Å². The molecule has 0 aromatic carbocycles. The molecule has 20 heavy (non-hydrogen) atoms. The van der Waals surface area contributed by atoms with E-state index in [0.717, 1.165) is 25.5 Å². The number of rotatable bonds is 7. The molecule has 0 saturated heterocycles. The van der Waals surface area contributed by atoms with Crippen LogP contribution in [0.25, 0.3) is 0 Å². The van der Waals surface area contributed by atoms with Crippen molar-refractivity contribution in [3.63, 3.8) is 0 Å². The lowest BCUT2D eigenvalue weighted by molar-refractivity contribution is 0.0259. The number of anilines is 1. The van der Waals surface area contributed by atoms with Crippen LogP contribution in [0.4, 0.5) is 5.82 Å². The van der Waals surface area contributed by atoms with Gasteiger partial charge in [0.1, 0.15) is 5.82 Å². The Balaban J connectivity index is 1.89. The Bertz CT molecular complexity index is 409. The Morgan fingerprint density at radius 3 is 2.45 bits per heavy atom. The molecule has 1 N–H and O–H groups in total. The van der Waals surface area contributed by atoms with Gasteiger partial charge in [-0.2, -0.15) is 0 Å². The maximum atomic E-state index is 4.44. The Morgan fingerprint density at radius 1 is 1.25 bits per heavy atom. The molecule has 1 aliphatic carbocycles. The van der Waals surface area contributed by atoms with Gasteiger partial charge in [0.05, 0.1) is 0 Å². The first-order valence-electron chi connectivity index (χ1n) is 7.60. The van der Waals surface area contributed by atoms with E-state index in [1.54, 1.807) is 0 Å². The van der Waals surface area contributed by atoms with Gasteiger partial charge in [0.15, 0.2) is 0 Å². The van der Waals surface area contributed by atoms with E-state index in [4.69, 9.17) is 0 Å². The lowest BCUT2D eigenvalue weighted by atomic mass is 9.75. The van der Waals surface area contributed by atoms with Crippen LogP contribution in [0.15, 0.2) is 18.3 Å². The molecule has 4 heteroatoms. The number of likely N-dealkylation sites (N-methyl/N-ethyl adjacent to an activating group) is 2. The second-order valence-electron chi connectivity index (χ2n) is 6.23. The van der Waals surface area contributed by atoms with Crippen molar-refractivity contribution in [3.8, 4) is 0 Å². The van der Waals surface area contributed by atoms with Gasteiger partial charge in [0.2, 0.25) is 0 Å². The molecule has 112 valence electrons. The number of hydrogen-bond acceptors (Lipinski definition) is 4. The zero-order chi connectivity index (χ0) is 14.6. The summed E-state index contributed by atoms with van der Waals surface area (Å²) in [4.78, 5) is 9.26. The van der Waals surface area contributed by atoms with Gasteiger partial charge in [-0.05, 0) is 59.0 Å². The van der Waals surface area contributed by atoms with Crippen molar-refractivity contribution in [1.82, 2.24) is 14.8 Å². The molecule has 0 amide bonds. The van der Waals surface area contributed by atoms with Gasteiger partial charge in [0, 0.05) is 31.4 Å². The van der Waals surface area contributed by atoms with E-state index in [2.05, 4.69) is 60.3 Å². The summed E-state index contributed by atoms with van der Waals surface area (Å²) in [5.74, 6) is 0.961. The van der Waals surface area contributed by atoms with Gasteiger partial charge in [-0.1, -0.05) is 6.07 Å². The number of nitrogens with one attached hydrogen (secondary N) is 1. The molecule has 0 unspecified atom stereocenters. The van der Waals surface area contributed by atoms with Crippen LogP contribution in [0.3, 0.4) is 0 Å². The third-order valence-corrected chi connectivity index (χ3v) is 4.43. The number of hydrogen-bond donors (Lipinski definition) is 1. The van der Waals surface area contributed by atoms with Gasteiger partial charge >= 0.3 is 0 Å². The molecule has 4 nitrogen and oxygen atoms in total. The van der Waals surface area contributed by atoms with Crippen molar-refractivity contribution >= 4 is 5.82 Å². The lowest BCUT2D eigenvalue weighted by Crippen LogP contribution is -2.56. The lowest BCUT2D eigenvalue weighted by Gasteiger charge is -2.49. The van der Waals surface area contributed by atoms with E-state index in [1.165, 1.54) is 24.8 Å². The van der Waals surface area contributed by atoms with Crippen LogP contribution in [-0.4, -0.2) is 54.6 Å². The summed E-state index contributed by atoms with van der Waals surface area (Å²) in [5.41, 5.74) is 1.67. The first-order chi connectivity index (χ1) is 9.55. The highest BCUT2D eigenvalue weighted by Gasteiger charge is 2.39. The Hall–Kier alpha value is -1.13. The second kappa shape index (κ2) is 6.55. The van der Waals surface area contributed by atoms with Crippen molar-refractivity contribution in [2.24, 2.45) is 0 Å². The number of aromatic nitrogens is 1. The minimum Gasteiger partial charge on any atom is -0.370 e. The standard InChI is InChI=1S/C16H28N4/c1-5-17-15-8-7-14(11-18-15)12-20(4)13-16(19(2)3)9-6-10-16/h7-8,11H,5-6,9-10,12-13H2,1-4H3,(H,17,18). The van der Waals surface area contributed by atoms with Crippen molar-refractivity contribution in [3.05, 3.63) is 23.9 Å². The van der Waals surface area contributed by atoms with E-state index < -0.39 is 0 Å². The number of pyridine rings is 1. The van der Waals surface area contributed by atoms with Crippen molar-refractivity contribution in [2.75, 3.05) is 39.5 Å². The Morgan fingerprint density at radius 2 is 2.00 bits per heavy atom. The van der Waals surface area contributed by atoms with Crippen LogP contribution in [-0.2, 0) is 6.54 Å². The summed E-state index contributed by atoms with van der Waals surface area (Å²) in [6.45, 7) is 5.10. The van der Waals surface area contributed by atoms with Crippen LogP contribution in [0.2, 0.25) is 0 Å². The summed E-state index contributed by atoms with van der Waals surface area (Å²) in [6.07, 6.45) is 5.99. The third-order valence-electron chi connectivity index (χ3n) is 4.43. The summed E-state index contributed by atoms with van der Waals surface area (Å²) >= 11 is 0. The van der Waals surface area contributed by atoms with Gasteiger partial charge in [0.25, 0.3) is 0 Å². The van der Waals surface area contributed by atoms with Crippen molar-refractivity contribution < 1.29 is 0 Å². The molecular weight excluding hydrogens is 248 g/mol. The highest BCUT2D eigenvalue weighted by Crippen LogP contribution is 2.36. The summed E-state index contributed by atoms with van der Waals surface area (Å²) in [5, 5.41) is 3.23. The molecule has 1 heterocycles. The third kappa shape index (κ3) is 3.49. The van der Waals surface area contributed by atoms with Crippen LogP contribution in [0.1, 0.15) is 31.7 Å². The Kier molecular flexibility index (Phi) is 5.00. The van der Waals surface area contributed by atoms with Gasteiger partial charge in [-0.15, -0.1) is 0 Å². The maximum Gasteiger partial charge on any atom is 0.125 e. The predicted molar refractivity (Wildman–Crippen MR) is 85.0 cm³/mol. The molecule has 0 aliphatic heterocycles. The average Bonchev–Trinajstić information content (AvgIpc) is 2.36. The maximum absolute atomic E-state index is 4.44. The first kappa shape index (κ1) is 15.3. The fraction of sp³-hybridized carbons (Fsp3) is 0.688. The number of nitrogens with zero attached hydrogens (tertiary/aromatic N) is 3. The van der Waals surface area contributed by atoms with E-state index >= 15 is 0 Å². The molecule has 1 aromatic heterocycles. The molecule has 0 radical (unpaired) electrons. The average molecular weight is 276 g/mol. The monoisotopic (exact) mass is 276 g/mol. The SMILES string of the molecule is CCNc1ccc(CN(C)CC2(N(C)C)CCC2)cn1. The summed E-state index contributed by atoms with van der Waals surface area (Å²) in [6, 6.07) is 4.24. The fourth-order valence-corrected chi connectivity index (χ4v) is 3.01. The molecule has 1 aliphatic rings. The molecule has 1 fully saturated rings. The van der Waals surface area contributed by atoms with E-state index in [1.807, 2.05) is 6.20 Å². The first-order valence-corrected chi connectivity index (χ1v) is 7.60. The molecule has 1 saturated carbocycles.